The number of carbonyl (C=O) groups is 1. The highest BCUT2D eigenvalue weighted by molar-refractivity contribution is 7.15. The molecule has 0 radical (unpaired) electrons. The molecule has 6 heteroatoms. The number of aromatic nitrogens is 2. The van der Waals surface area contributed by atoms with Crippen molar-refractivity contribution >= 4 is 39.5 Å². The first-order valence-electron chi connectivity index (χ1n) is 7.62. The van der Waals surface area contributed by atoms with E-state index in [0.29, 0.717) is 0 Å². The SMILES string of the molecule is COc1ccc(-c2nc3sccn3c2C=CC(=O)c2cccs2)cc1. The molecule has 0 saturated heterocycles. The molecule has 0 unspecified atom stereocenters. The quantitative estimate of drug-likeness (QED) is 0.367. The molecule has 0 aliphatic carbocycles. The molecule has 0 fully saturated rings. The van der Waals surface area contributed by atoms with Gasteiger partial charge in [0.1, 0.15) is 5.75 Å². The summed E-state index contributed by atoms with van der Waals surface area (Å²) in [5.74, 6) is 0.801. The minimum absolute atomic E-state index is 0.000797. The van der Waals surface area contributed by atoms with Crippen LogP contribution in [0.15, 0.2) is 59.4 Å². The fraction of sp³-hybridized carbons (Fsp3) is 0.0526. The Kier molecular flexibility index (Phi) is 4.21. The van der Waals surface area contributed by atoms with E-state index in [-0.39, 0.29) is 5.78 Å². The van der Waals surface area contributed by atoms with Gasteiger partial charge >= 0.3 is 0 Å². The second-order valence-electron chi connectivity index (χ2n) is 5.30. The number of nitrogens with zero attached hydrogens (tertiary/aromatic N) is 2. The average Bonchev–Trinajstić information content (AvgIpc) is 3.37. The summed E-state index contributed by atoms with van der Waals surface area (Å²) >= 11 is 3.01. The Hall–Kier alpha value is -2.70. The van der Waals surface area contributed by atoms with Crippen molar-refractivity contribution in [2.24, 2.45) is 0 Å². The van der Waals surface area contributed by atoms with E-state index >= 15 is 0 Å². The molecule has 3 aromatic heterocycles. The maximum absolute atomic E-state index is 12.3. The van der Waals surface area contributed by atoms with Crippen molar-refractivity contribution in [1.29, 1.82) is 0 Å². The van der Waals surface area contributed by atoms with Gasteiger partial charge < -0.3 is 4.74 Å². The van der Waals surface area contributed by atoms with Crippen LogP contribution in [0.4, 0.5) is 0 Å². The maximum Gasteiger partial charge on any atom is 0.195 e. The van der Waals surface area contributed by atoms with Crippen LogP contribution in [0, 0.1) is 0 Å². The zero-order chi connectivity index (χ0) is 17.2. The van der Waals surface area contributed by atoms with E-state index in [4.69, 9.17) is 9.72 Å². The van der Waals surface area contributed by atoms with Crippen molar-refractivity contribution < 1.29 is 9.53 Å². The van der Waals surface area contributed by atoms with E-state index in [9.17, 15) is 4.79 Å². The molecule has 4 nitrogen and oxygen atoms in total. The lowest BCUT2D eigenvalue weighted by atomic mass is 10.1. The predicted octanol–water partition coefficient (Wildman–Crippen LogP) is 5.03. The summed E-state index contributed by atoms with van der Waals surface area (Å²) in [6.07, 6.45) is 5.42. The normalized spacial score (nSPS) is 11.4. The van der Waals surface area contributed by atoms with E-state index < -0.39 is 0 Å². The van der Waals surface area contributed by atoms with Crippen LogP contribution >= 0.6 is 22.7 Å². The molecular weight excluding hydrogens is 352 g/mol. The zero-order valence-electron chi connectivity index (χ0n) is 13.4. The van der Waals surface area contributed by atoms with Gasteiger partial charge in [0.2, 0.25) is 0 Å². The van der Waals surface area contributed by atoms with Crippen LogP contribution in [-0.4, -0.2) is 22.3 Å². The van der Waals surface area contributed by atoms with Crippen LogP contribution in [0.1, 0.15) is 15.4 Å². The lowest BCUT2D eigenvalue weighted by Gasteiger charge is -2.02. The van der Waals surface area contributed by atoms with Gasteiger partial charge in [-0.1, -0.05) is 6.07 Å². The molecule has 25 heavy (non-hydrogen) atoms. The van der Waals surface area contributed by atoms with E-state index in [0.717, 1.165) is 32.5 Å². The van der Waals surface area contributed by atoms with Crippen molar-refractivity contribution in [2.45, 2.75) is 0 Å². The molecule has 1 aromatic carbocycles. The molecule has 4 aromatic rings. The number of benzene rings is 1. The van der Waals surface area contributed by atoms with Crippen LogP contribution in [0.3, 0.4) is 0 Å². The van der Waals surface area contributed by atoms with E-state index in [1.165, 1.54) is 11.3 Å². The molecule has 0 saturated carbocycles. The molecule has 0 bridgehead atoms. The van der Waals surface area contributed by atoms with Crippen LogP contribution in [0.2, 0.25) is 0 Å². The summed E-state index contributed by atoms with van der Waals surface area (Å²) in [6.45, 7) is 0. The molecule has 0 N–H and O–H groups in total. The van der Waals surface area contributed by atoms with E-state index in [1.54, 1.807) is 24.5 Å². The Morgan fingerprint density at radius 2 is 2.00 bits per heavy atom. The van der Waals surface area contributed by atoms with Crippen molar-refractivity contribution in [3.05, 3.63) is 70.0 Å². The van der Waals surface area contributed by atoms with E-state index in [1.807, 2.05) is 63.8 Å². The maximum atomic E-state index is 12.3. The summed E-state index contributed by atoms with van der Waals surface area (Å²) in [5, 5.41) is 3.89. The highest BCUT2D eigenvalue weighted by atomic mass is 32.1. The molecular formula is C19H14N2O2S2. The average molecular weight is 366 g/mol. The van der Waals surface area contributed by atoms with Gasteiger partial charge in [-0.3, -0.25) is 9.20 Å². The summed E-state index contributed by atoms with van der Waals surface area (Å²) in [5.41, 5.74) is 2.73. The first-order chi connectivity index (χ1) is 12.3. The predicted molar refractivity (Wildman–Crippen MR) is 103 cm³/mol. The molecule has 0 amide bonds. The lowest BCUT2D eigenvalue weighted by Crippen LogP contribution is -1.91. The number of thiazole rings is 1. The van der Waals surface area contributed by atoms with Crippen LogP contribution in [-0.2, 0) is 0 Å². The third-order valence-corrected chi connectivity index (χ3v) is 5.46. The number of methoxy groups -OCH3 is 1. The second kappa shape index (κ2) is 6.66. The molecule has 124 valence electrons. The van der Waals surface area contributed by atoms with Crippen LogP contribution in [0.25, 0.3) is 22.3 Å². The summed E-state index contributed by atoms with van der Waals surface area (Å²) in [4.78, 5) is 18.6. The number of allylic oxidation sites excluding steroid dienone is 1. The van der Waals surface area contributed by atoms with Gasteiger partial charge in [0.25, 0.3) is 0 Å². The van der Waals surface area contributed by atoms with Gasteiger partial charge in [-0.05, 0) is 47.9 Å². The monoisotopic (exact) mass is 366 g/mol. The van der Waals surface area contributed by atoms with Crippen molar-refractivity contribution in [1.82, 2.24) is 9.38 Å². The third kappa shape index (κ3) is 3.01. The first-order valence-corrected chi connectivity index (χ1v) is 9.38. The van der Waals surface area contributed by atoms with Gasteiger partial charge in [0.15, 0.2) is 10.7 Å². The van der Waals surface area contributed by atoms with Gasteiger partial charge in [-0.25, -0.2) is 4.98 Å². The van der Waals surface area contributed by atoms with Gasteiger partial charge in [0.05, 0.1) is 23.4 Å². The Bertz CT molecular complexity index is 1040. The molecule has 0 spiro atoms. The number of thiophene rings is 1. The van der Waals surface area contributed by atoms with Gasteiger partial charge in [0, 0.05) is 17.1 Å². The number of carbonyl (C=O) groups excluding carboxylic acids is 1. The Labute approximate surface area is 152 Å². The summed E-state index contributed by atoms with van der Waals surface area (Å²) < 4.78 is 7.22. The number of fused-ring (bicyclic) bond motifs is 1. The highest BCUT2D eigenvalue weighted by Gasteiger charge is 2.13. The van der Waals surface area contributed by atoms with Gasteiger partial charge in [-0.15, -0.1) is 22.7 Å². The summed E-state index contributed by atoms with van der Waals surface area (Å²) in [6, 6.07) is 11.5. The number of ketones is 1. The minimum Gasteiger partial charge on any atom is -0.497 e. The van der Waals surface area contributed by atoms with Crippen molar-refractivity contribution in [2.75, 3.05) is 7.11 Å². The minimum atomic E-state index is 0.000797. The summed E-state index contributed by atoms with van der Waals surface area (Å²) in [7, 11) is 1.64. The van der Waals surface area contributed by atoms with Crippen molar-refractivity contribution in [3.63, 3.8) is 0 Å². The fourth-order valence-corrected chi connectivity index (χ4v) is 3.95. The Balaban J connectivity index is 1.76. The zero-order valence-corrected chi connectivity index (χ0v) is 15.0. The van der Waals surface area contributed by atoms with Crippen LogP contribution < -0.4 is 4.74 Å². The highest BCUT2D eigenvalue weighted by Crippen LogP contribution is 2.29. The topological polar surface area (TPSA) is 43.6 Å². The van der Waals surface area contributed by atoms with E-state index in [2.05, 4.69) is 0 Å². The molecule has 4 rings (SSSR count). The molecule has 3 heterocycles. The third-order valence-electron chi connectivity index (χ3n) is 3.82. The number of imidazole rings is 1. The number of hydrogen-bond donors (Lipinski definition) is 0. The largest absolute Gasteiger partial charge is 0.497 e. The van der Waals surface area contributed by atoms with Crippen molar-refractivity contribution in [3.8, 4) is 17.0 Å². The van der Waals surface area contributed by atoms with Gasteiger partial charge in [-0.2, -0.15) is 0 Å². The Morgan fingerprint density at radius 3 is 2.72 bits per heavy atom. The lowest BCUT2D eigenvalue weighted by molar-refractivity contribution is 0.105. The first kappa shape index (κ1) is 15.8. The van der Waals surface area contributed by atoms with Crippen LogP contribution in [0.5, 0.6) is 5.75 Å². The molecule has 0 aliphatic rings. The second-order valence-corrected chi connectivity index (χ2v) is 7.13. The molecule has 0 atom stereocenters. The smallest absolute Gasteiger partial charge is 0.195 e. The fourth-order valence-electron chi connectivity index (χ4n) is 2.58. The number of rotatable bonds is 5. The number of hydrogen-bond acceptors (Lipinski definition) is 5. The molecule has 0 aliphatic heterocycles. The standard InChI is InChI=1S/C19H14N2O2S2/c1-23-14-6-4-13(5-7-14)18-15(21-10-12-25-19(21)20-18)8-9-16(22)17-3-2-11-24-17/h2-12H,1H3. The Morgan fingerprint density at radius 1 is 1.16 bits per heavy atom. The number of ether oxygens (including phenoxy) is 1.